The van der Waals surface area contributed by atoms with Crippen LogP contribution in [0.4, 0.5) is 0 Å². The zero-order valence-electron chi connectivity index (χ0n) is 25.1. The van der Waals surface area contributed by atoms with Gasteiger partial charge < -0.3 is 34.6 Å². The summed E-state index contributed by atoms with van der Waals surface area (Å²) in [4.78, 5) is 39.0. The van der Waals surface area contributed by atoms with Gasteiger partial charge in [0.05, 0.1) is 5.56 Å². The van der Waals surface area contributed by atoms with Crippen LogP contribution in [-0.4, -0.2) is 38.3 Å². The molecule has 10 nitrogen and oxygen atoms in total. The van der Waals surface area contributed by atoms with Gasteiger partial charge in [0, 0.05) is 18.2 Å². The fourth-order valence-corrected chi connectivity index (χ4v) is 4.48. The molecule has 0 fully saturated rings. The lowest BCUT2D eigenvalue weighted by Crippen LogP contribution is -2.14. The summed E-state index contributed by atoms with van der Waals surface area (Å²) in [6.45, 7) is 0. The summed E-state index contributed by atoms with van der Waals surface area (Å²) in [5.74, 6) is -4.18. The second-order valence-corrected chi connectivity index (χ2v) is 10.3. The highest BCUT2D eigenvalue weighted by Crippen LogP contribution is 2.31. The molecule has 4 N–H and O–H groups in total. The van der Waals surface area contributed by atoms with Crippen LogP contribution in [0.1, 0.15) is 38.7 Å². The molecule has 0 radical (unpaired) electrons. The first-order valence-electron chi connectivity index (χ1n) is 14.4. The van der Waals surface area contributed by atoms with Gasteiger partial charge in [0.2, 0.25) is 0 Å². The molecular weight excluding hydrogens is 616 g/mol. The number of benzene rings is 5. The molecule has 48 heavy (non-hydrogen) atoms. The molecule has 0 aliphatic rings. The Balaban J connectivity index is 1.42. The minimum absolute atomic E-state index is 0.0835. The fourth-order valence-electron chi connectivity index (χ4n) is 4.48. The van der Waals surface area contributed by atoms with Gasteiger partial charge in [-0.05, 0) is 70.8 Å². The highest BCUT2D eigenvalue weighted by Gasteiger charge is 2.22. The Bertz CT molecular complexity index is 1870. The average molecular weight is 645 g/mol. The van der Waals surface area contributed by atoms with Crippen LogP contribution in [0.2, 0.25) is 0 Å². The van der Waals surface area contributed by atoms with Crippen molar-refractivity contribution < 1.29 is 49.0 Å². The zero-order valence-corrected chi connectivity index (χ0v) is 25.1. The van der Waals surface area contributed by atoms with Gasteiger partial charge in [0.25, 0.3) is 0 Å². The van der Waals surface area contributed by atoms with Crippen LogP contribution in [0, 0.1) is 0 Å². The van der Waals surface area contributed by atoms with Crippen LogP contribution in [0.15, 0.2) is 127 Å². The van der Waals surface area contributed by atoms with Crippen LogP contribution >= 0.6 is 0 Å². The van der Waals surface area contributed by atoms with Gasteiger partial charge in [-0.1, -0.05) is 72.8 Å². The molecule has 10 heteroatoms. The normalized spacial score (nSPS) is 11.1. The van der Waals surface area contributed by atoms with Gasteiger partial charge in [0.15, 0.2) is 29.1 Å². The van der Waals surface area contributed by atoms with Gasteiger partial charge in [0.1, 0.15) is 11.5 Å². The van der Waals surface area contributed by atoms with Crippen molar-refractivity contribution in [3.8, 4) is 34.5 Å². The molecule has 0 aromatic heterocycles. The summed E-state index contributed by atoms with van der Waals surface area (Å²) in [6.07, 6.45) is 4.04. The monoisotopic (exact) mass is 644 g/mol. The largest absolute Gasteiger partial charge is 0.504 e. The van der Waals surface area contributed by atoms with E-state index in [4.69, 9.17) is 14.2 Å². The van der Waals surface area contributed by atoms with Crippen molar-refractivity contribution in [2.75, 3.05) is 0 Å². The number of phenolic OH excluding ortho intramolecular Hbond substituents is 4. The number of esters is 3. The van der Waals surface area contributed by atoms with E-state index in [0.29, 0.717) is 22.3 Å². The number of ether oxygens (including phenoxy) is 3. The van der Waals surface area contributed by atoms with Crippen LogP contribution in [0.3, 0.4) is 0 Å². The maximum atomic E-state index is 13.6. The second-order valence-electron chi connectivity index (χ2n) is 10.3. The number of phenols is 4. The smallest absolute Gasteiger partial charge is 0.339 e. The first-order chi connectivity index (χ1) is 23.1. The topological polar surface area (TPSA) is 160 Å². The summed E-state index contributed by atoms with van der Waals surface area (Å²) >= 11 is 0. The van der Waals surface area contributed by atoms with Gasteiger partial charge in [-0.25, -0.2) is 14.4 Å². The minimum atomic E-state index is -0.858. The molecule has 240 valence electrons. The van der Waals surface area contributed by atoms with E-state index < -0.39 is 24.0 Å². The van der Waals surface area contributed by atoms with Crippen molar-refractivity contribution in [2.24, 2.45) is 0 Å². The highest BCUT2D eigenvalue weighted by molar-refractivity contribution is 5.93. The molecule has 5 rings (SSSR count). The van der Waals surface area contributed by atoms with Gasteiger partial charge in [-0.15, -0.1) is 0 Å². The van der Waals surface area contributed by atoms with Crippen LogP contribution < -0.4 is 9.47 Å². The summed E-state index contributed by atoms with van der Waals surface area (Å²) in [7, 11) is 0. The molecule has 0 amide bonds. The van der Waals surface area contributed by atoms with E-state index >= 15 is 0 Å². The first-order valence-corrected chi connectivity index (χ1v) is 14.4. The number of rotatable bonds is 10. The lowest BCUT2D eigenvalue weighted by Gasteiger charge is -2.19. The van der Waals surface area contributed by atoms with Gasteiger partial charge in [-0.3, -0.25) is 0 Å². The third-order valence-corrected chi connectivity index (χ3v) is 6.80. The molecule has 5 aromatic carbocycles. The number of hydrogen-bond donors (Lipinski definition) is 4. The molecule has 0 aliphatic heterocycles. The van der Waals surface area contributed by atoms with E-state index in [0.717, 1.165) is 12.2 Å². The van der Waals surface area contributed by atoms with Crippen molar-refractivity contribution in [2.45, 2.75) is 6.10 Å². The standard InChI is InChI=1S/C38H28O10/c39-31-15-11-24(19-33(31)41)13-17-35(43)46-29-21-28(22-30(23-29)47-36(44)18-14-25-12-16-32(40)34(42)20-25)38(45)48-37(26-7-3-1-4-8-26)27-9-5-2-6-10-27/h1-23,37,39-42H/b17-13+,18-14+. The lowest BCUT2D eigenvalue weighted by atomic mass is 10.0. The molecule has 0 heterocycles. The Labute approximate surface area is 274 Å². The molecular formula is C38H28O10. The van der Waals surface area contributed by atoms with Crippen LogP contribution in [0.5, 0.6) is 34.5 Å². The Morgan fingerprint density at radius 1 is 0.521 bits per heavy atom. The lowest BCUT2D eigenvalue weighted by molar-refractivity contribution is -0.129. The molecule has 0 unspecified atom stereocenters. The maximum absolute atomic E-state index is 13.6. The van der Waals surface area contributed by atoms with E-state index in [1.807, 2.05) is 60.7 Å². The van der Waals surface area contributed by atoms with Gasteiger partial charge in [-0.2, -0.15) is 0 Å². The van der Waals surface area contributed by atoms with E-state index in [2.05, 4.69) is 0 Å². The predicted octanol–water partition coefficient (Wildman–Crippen LogP) is 6.69. The van der Waals surface area contributed by atoms with E-state index in [9.17, 15) is 34.8 Å². The third-order valence-electron chi connectivity index (χ3n) is 6.80. The molecule has 0 bridgehead atoms. The maximum Gasteiger partial charge on any atom is 0.339 e. The number of carbonyl (C=O) groups is 3. The Kier molecular flexibility index (Phi) is 10.2. The number of carbonyl (C=O) groups excluding carboxylic acids is 3. The zero-order chi connectivity index (χ0) is 34.0. The van der Waals surface area contributed by atoms with Crippen molar-refractivity contribution in [1.29, 1.82) is 0 Å². The Hall–Kier alpha value is -6.81. The molecule has 0 spiro atoms. The SMILES string of the molecule is O=C(/C=C/c1ccc(O)c(O)c1)Oc1cc(OC(=O)/C=C/c2ccc(O)c(O)c2)cc(C(=O)OC(c2ccccc2)c2ccccc2)c1. The Morgan fingerprint density at radius 3 is 1.38 bits per heavy atom. The quantitative estimate of drug-likeness (QED) is 0.0558. The highest BCUT2D eigenvalue weighted by atomic mass is 16.6. The van der Waals surface area contributed by atoms with Crippen molar-refractivity contribution in [3.05, 3.63) is 155 Å². The van der Waals surface area contributed by atoms with Crippen molar-refractivity contribution >= 4 is 30.1 Å². The average Bonchev–Trinajstić information content (AvgIpc) is 3.08. The molecule has 0 aliphatic carbocycles. The minimum Gasteiger partial charge on any atom is -0.504 e. The first kappa shape index (κ1) is 32.6. The fraction of sp³-hybridized carbons (Fsp3) is 0.0263. The third kappa shape index (κ3) is 8.67. The van der Waals surface area contributed by atoms with E-state index in [-0.39, 0.29) is 40.1 Å². The van der Waals surface area contributed by atoms with Crippen molar-refractivity contribution in [1.82, 2.24) is 0 Å². The van der Waals surface area contributed by atoms with E-state index in [1.54, 1.807) is 0 Å². The van der Waals surface area contributed by atoms with Crippen molar-refractivity contribution in [3.63, 3.8) is 0 Å². The van der Waals surface area contributed by atoms with Crippen LogP contribution in [0.25, 0.3) is 12.2 Å². The summed E-state index contributed by atoms with van der Waals surface area (Å²) in [6, 6.07) is 29.9. The summed E-state index contributed by atoms with van der Waals surface area (Å²) in [5.41, 5.74) is 2.13. The summed E-state index contributed by atoms with van der Waals surface area (Å²) in [5, 5.41) is 38.4. The Morgan fingerprint density at radius 2 is 0.958 bits per heavy atom. The number of aromatic hydroxyl groups is 4. The molecule has 0 atom stereocenters. The predicted molar refractivity (Wildman–Crippen MR) is 175 cm³/mol. The second kappa shape index (κ2) is 15.0. The van der Waals surface area contributed by atoms with E-state index in [1.165, 1.54) is 66.7 Å². The summed E-state index contributed by atoms with van der Waals surface area (Å²) < 4.78 is 16.8. The van der Waals surface area contributed by atoms with Gasteiger partial charge >= 0.3 is 17.9 Å². The molecule has 5 aromatic rings. The molecule has 0 saturated carbocycles. The number of hydrogen-bond acceptors (Lipinski definition) is 10. The molecule has 0 saturated heterocycles. The van der Waals surface area contributed by atoms with Crippen LogP contribution in [-0.2, 0) is 14.3 Å².